The van der Waals surface area contributed by atoms with Crippen LogP contribution in [0, 0.1) is 13.8 Å². The number of nitrogens with one attached hydrogen (secondary N) is 1. The molecule has 0 saturated heterocycles. The lowest BCUT2D eigenvalue weighted by Gasteiger charge is -2.11. The highest BCUT2D eigenvalue weighted by Crippen LogP contribution is 2.28. The van der Waals surface area contributed by atoms with E-state index in [-0.39, 0.29) is 5.91 Å². The molecular weight excluding hydrogens is 210 g/mol. The normalized spacial score (nSPS) is 9.87. The highest BCUT2D eigenvalue weighted by molar-refractivity contribution is 7.98. The minimum atomic E-state index is -0.0483. The van der Waals surface area contributed by atoms with Crippen LogP contribution in [0.3, 0.4) is 0 Å². The highest BCUT2D eigenvalue weighted by atomic mass is 32.2. The Balaban J connectivity index is 2.91. The Morgan fingerprint density at radius 3 is 2.53 bits per heavy atom. The number of rotatable bonds is 3. The molecule has 0 atom stereocenters. The van der Waals surface area contributed by atoms with Gasteiger partial charge in [0.15, 0.2) is 0 Å². The number of carbonyl (C=O) groups is 1. The van der Waals surface area contributed by atoms with Gasteiger partial charge in [-0.05, 0) is 49.1 Å². The fourth-order valence-electron chi connectivity index (χ4n) is 1.23. The number of ether oxygens (including phenoxy) is 1. The lowest BCUT2D eigenvalue weighted by atomic mass is 10.1. The third kappa shape index (κ3) is 2.89. The van der Waals surface area contributed by atoms with Crippen molar-refractivity contribution in [3.8, 4) is 5.75 Å². The summed E-state index contributed by atoms with van der Waals surface area (Å²) in [7, 11) is 1.66. The van der Waals surface area contributed by atoms with Crippen molar-refractivity contribution < 1.29 is 9.53 Å². The van der Waals surface area contributed by atoms with Crippen molar-refractivity contribution in [2.24, 2.45) is 0 Å². The van der Waals surface area contributed by atoms with Crippen LogP contribution in [0.25, 0.3) is 0 Å². The van der Waals surface area contributed by atoms with Gasteiger partial charge in [-0.25, -0.2) is 0 Å². The van der Waals surface area contributed by atoms with Crippen LogP contribution in [0.1, 0.15) is 18.1 Å². The number of benzene rings is 1. The molecule has 0 bridgehead atoms. The molecule has 3 nitrogen and oxygen atoms in total. The molecule has 82 valence electrons. The maximum absolute atomic E-state index is 10.8. The molecule has 0 spiro atoms. The summed E-state index contributed by atoms with van der Waals surface area (Å²) >= 11 is 1.33. The largest absolute Gasteiger partial charge is 0.496 e. The molecule has 0 saturated carbocycles. The number of hydrogen-bond acceptors (Lipinski definition) is 3. The predicted molar refractivity (Wildman–Crippen MR) is 62.1 cm³/mol. The number of carbonyl (C=O) groups excluding carboxylic acids is 1. The van der Waals surface area contributed by atoms with Crippen molar-refractivity contribution in [2.45, 2.75) is 25.7 Å². The van der Waals surface area contributed by atoms with E-state index in [4.69, 9.17) is 4.74 Å². The fourth-order valence-corrected chi connectivity index (χ4v) is 1.93. The summed E-state index contributed by atoms with van der Waals surface area (Å²) in [5.74, 6) is 0.826. The Hall–Kier alpha value is -1.16. The Morgan fingerprint density at radius 1 is 1.33 bits per heavy atom. The summed E-state index contributed by atoms with van der Waals surface area (Å²) in [5, 5.41) is 0. The molecule has 0 heterocycles. The molecule has 15 heavy (non-hydrogen) atoms. The van der Waals surface area contributed by atoms with E-state index in [0.717, 1.165) is 21.8 Å². The average Bonchev–Trinajstić information content (AvgIpc) is 2.20. The second-order valence-corrected chi connectivity index (χ2v) is 4.12. The van der Waals surface area contributed by atoms with Crippen molar-refractivity contribution in [2.75, 3.05) is 7.11 Å². The summed E-state index contributed by atoms with van der Waals surface area (Å²) in [6.07, 6.45) is 0. The number of hydrogen-bond donors (Lipinski definition) is 1. The van der Waals surface area contributed by atoms with E-state index in [0.29, 0.717) is 0 Å². The van der Waals surface area contributed by atoms with Crippen LogP contribution in [-0.4, -0.2) is 13.0 Å². The van der Waals surface area contributed by atoms with Crippen LogP contribution in [0.15, 0.2) is 17.0 Å². The molecule has 0 aliphatic rings. The third-order valence-corrected chi connectivity index (χ3v) is 3.26. The van der Waals surface area contributed by atoms with Gasteiger partial charge in [0.1, 0.15) is 5.75 Å². The van der Waals surface area contributed by atoms with E-state index in [1.807, 2.05) is 26.0 Å². The van der Waals surface area contributed by atoms with Gasteiger partial charge < -0.3 is 4.74 Å². The lowest BCUT2D eigenvalue weighted by molar-refractivity contribution is -0.117. The zero-order chi connectivity index (χ0) is 11.4. The second kappa shape index (κ2) is 5.07. The zero-order valence-corrected chi connectivity index (χ0v) is 10.2. The average molecular weight is 225 g/mol. The molecule has 0 aliphatic heterocycles. The van der Waals surface area contributed by atoms with Crippen LogP contribution in [0.4, 0.5) is 0 Å². The molecule has 0 radical (unpaired) electrons. The van der Waals surface area contributed by atoms with Crippen molar-refractivity contribution >= 4 is 17.9 Å². The van der Waals surface area contributed by atoms with Gasteiger partial charge in [0.25, 0.3) is 0 Å². The molecular formula is C11H15NO2S. The molecule has 0 fully saturated rings. The van der Waals surface area contributed by atoms with Crippen molar-refractivity contribution in [1.82, 2.24) is 4.72 Å². The maximum Gasteiger partial charge on any atom is 0.226 e. The van der Waals surface area contributed by atoms with E-state index in [1.54, 1.807) is 7.11 Å². The maximum atomic E-state index is 10.8. The van der Waals surface area contributed by atoms with Gasteiger partial charge in [-0.1, -0.05) is 0 Å². The van der Waals surface area contributed by atoms with E-state index in [9.17, 15) is 4.79 Å². The Morgan fingerprint density at radius 2 is 2.00 bits per heavy atom. The van der Waals surface area contributed by atoms with Crippen molar-refractivity contribution in [3.05, 3.63) is 23.3 Å². The first kappa shape index (κ1) is 11.9. The molecule has 1 aromatic carbocycles. The molecule has 1 amide bonds. The summed E-state index contributed by atoms with van der Waals surface area (Å²) in [5.41, 5.74) is 2.24. The van der Waals surface area contributed by atoms with Gasteiger partial charge in [-0.2, -0.15) is 0 Å². The first-order valence-corrected chi connectivity index (χ1v) is 5.45. The van der Waals surface area contributed by atoms with Gasteiger partial charge >= 0.3 is 0 Å². The topological polar surface area (TPSA) is 38.3 Å². The standard InChI is InChI=1S/C11H15NO2S/c1-7-8(2)11(15-12-9(3)13)6-5-10(7)14-4/h5-6H,1-4H3,(H,12,13). The number of amides is 1. The molecule has 0 unspecified atom stereocenters. The Labute approximate surface area is 94.3 Å². The molecule has 1 N–H and O–H groups in total. The van der Waals surface area contributed by atoms with E-state index >= 15 is 0 Å². The van der Waals surface area contributed by atoms with Crippen LogP contribution in [-0.2, 0) is 4.79 Å². The zero-order valence-electron chi connectivity index (χ0n) is 9.38. The van der Waals surface area contributed by atoms with E-state index < -0.39 is 0 Å². The molecule has 0 aliphatic carbocycles. The lowest BCUT2D eigenvalue weighted by Crippen LogP contribution is -2.10. The quantitative estimate of drug-likeness (QED) is 0.803. The van der Waals surface area contributed by atoms with Gasteiger partial charge in [-0.3, -0.25) is 9.52 Å². The number of methoxy groups -OCH3 is 1. The van der Waals surface area contributed by atoms with Crippen LogP contribution in [0.5, 0.6) is 5.75 Å². The predicted octanol–water partition coefficient (Wildman–Crippen LogP) is 2.46. The van der Waals surface area contributed by atoms with Gasteiger partial charge in [0.2, 0.25) is 5.91 Å². The molecule has 1 rings (SSSR count). The second-order valence-electron chi connectivity index (χ2n) is 3.28. The van der Waals surface area contributed by atoms with Crippen molar-refractivity contribution in [1.29, 1.82) is 0 Å². The van der Waals surface area contributed by atoms with Crippen LogP contribution >= 0.6 is 11.9 Å². The summed E-state index contributed by atoms with van der Waals surface area (Å²) in [4.78, 5) is 11.8. The molecule has 4 heteroatoms. The first-order chi connectivity index (χ1) is 7.06. The molecule has 0 aromatic heterocycles. The Bertz CT molecular complexity index is 377. The monoisotopic (exact) mass is 225 g/mol. The molecule has 1 aromatic rings. The highest BCUT2D eigenvalue weighted by Gasteiger charge is 2.07. The SMILES string of the molecule is COc1ccc(SNC(C)=O)c(C)c1C. The van der Waals surface area contributed by atoms with E-state index in [2.05, 4.69) is 4.72 Å². The van der Waals surface area contributed by atoms with Gasteiger partial charge in [0.05, 0.1) is 7.11 Å². The van der Waals surface area contributed by atoms with Crippen LogP contribution in [0.2, 0.25) is 0 Å². The minimum Gasteiger partial charge on any atom is -0.496 e. The summed E-state index contributed by atoms with van der Waals surface area (Å²) in [6, 6.07) is 3.86. The summed E-state index contributed by atoms with van der Waals surface area (Å²) < 4.78 is 7.91. The van der Waals surface area contributed by atoms with Crippen LogP contribution < -0.4 is 9.46 Å². The van der Waals surface area contributed by atoms with Crippen molar-refractivity contribution in [3.63, 3.8) is 0 Å². The third-order valence-electron chi connectivity index (χ3n) is 2.21. The smallest absolute Gasteiger partial charge is 0.226 e. The summed E-state index contributed by atoms with van der Waals surface area (Å²) in [6.45, 7) is 5.52. The fraction of sp³-hybridized carbons (Fsp3) is 0.364. The van der Waals surface area contributed by atoms with E-state index in [1.165, 1.54) is 18.9 Å². The first-order valence-electron chi connectivity index (χ1n) is 4.64. The minimum absolute atomic E-state index is 0.0483. The van der Waals surface area contributed by atoms with Gasteiger partial charge in [0, 0.05) is 11.8 Å². The van der Waals surface area contributed by atoms with Gasteiger partial charge in [-0.15, -0.1) is 0 Å². The Kier molecular flexibility index (Phi) is 4.03.